The van der Waals surface area contributed by atoms with Crippen molar-refractivity contribution >= 4 is 23.4 Å². The van der Waals surface area contributed by atoms with Gasteiger partial charge in [-0.3, -0.25) is 4.79 Å². The second kappa shape index (κ2) is 10.6. The highest BCUT2D eigenvalue weighted by molar-refractivity contribution is 6.04. The summed E-state index contributed by atoms with van der Waals surface area (Å²) in [6.45, 7) is 1.47. The Morgan fingerprint density at radius 1 is 0.974 bits per heavy atom. The standard InChI is InChI=1S/C28H23F3N4O4/c29-28(30,31)24-23(34-26(39-24)19-4-2-1-3-5-19)25(36)33-21-9-6-17(7-10-21)18-12-14-35(15-13-18)22-11-8-20(16-32-22)27(37)38/h1-11,16,18H,12-15H2,(H,33,36)(H,37,38). The van der Waals surface area contributed by atoms with Gasteiger partial charge in [-0.15, -0.1) is 0 Å². The number of anilines is 2. The van der Waals surface area contributed by atoms with Crippen LogP contribution in [0.15, 0.2) is 77.3 Å². The van der Waals surface area contributed by atoms with Gasteiger partial charge in [0.2, 0.25) is 11.7 Å². The Labute approximate surface area is 221 Å². The molecule has 5 rings (SSSR count). The lowest BCUT2D eigenvalue weighted by Gasteiger charge is -2.33. The molecule has 2 N–H and O–H groups in total. The fraction of sp³-hybridized carbons (Fsp3) is 0.214. The molecule has 2 aromatic carbocycles. The maximum Gasteiger partial charge on any atom is 0.452 e. The van der Waals surface area contributed by atoms with Gasteiger partial charge in [0.25, 0.3) is 5.91 Å². The molecule has 8 nitrogen and oxygen atoms in total. The van der Waals surface area contributed by atoms with Crippen LogP contribution in [0.3, 0.4) is 0 Å². The van der Waals surface area contributed by atoms with Gasteiger partial charge in [-0.25, -0.2) is 14.8 Å². The van der Waals surface area contributed by atoms with Crippen LogP contribution in [0.1, 0.15) is 50.9 Å². The molecule has 1 fully saturated rings. The van der Waals surface area contributed by atoms with Crippen molar-refractivity contribution in [2.45, 2.75) is 24.9 Å². The Bertz CT molecular complexity index is 1460. The topological polar surface area (TPSA) is 109 Å². The van der Waals surface area contributed by atoms with Gasteiger partial charge in [0.1, 0.15) is 5.82 Å². The van der Waals surface area contributed by atoms with Crippen LogP contribution in [-0.4, -0.2) is 40.0 Å². The SMILES string of the molecule is O=C(O)c1ccc(N2CCC(c3ccc(NC(=O)c4nc(-c5ccccc5)oc4C(F)(F)F)cc3)CC2)nc1. The third kappa shape index (κ3) is 5.77. The molecule has 1 aliphatic rings. The average Bonchev–Trinajstić information content (AvgIpc) is 3.41. The second-order valence-corrected chi connectivity index (χ2v) is 9.11. The average molecular weight is 537 g/mol. The number of aromatic carboxylic acids is 1. The van der Waals surface area contributed by atoms with E-state index in [1.54, 1.807) is 48.5 Å². The first-order valence-electron chi connectivity index (χ1n) is 12.2. The minimum absolute atomic E-state index is 0.135. The summed E-state index contributed by atoms with van der Waals surface area (Å²) in [7, 11) is 0. The fourth-order valence-electron chi connectivity index (χ4n) is 4.54. The summed E-state index contributed by atoms with van der Waals surface area (Å²) in [4.78, 5) is 34.0. The van der Waals surface area contributed by atoms with E-state index in [-0.39, 0.29) is 17.4 Å². The number of carboxylic acids is 1. The van der Waals surface area contributed by atoms with E-state index in [1.807, 2.05) is 12.1 Å². The molecule has 1 aliphatic heterocycles. The fourth-order valence-corrected chi connectivity index (χ4v) is 4.54. The maximum atomic E-state index is 13.6. The lowest BCUT2D eigenvalue weighted by Crippen LogP contribution is -2.33. The monoisotopic (exact) mass is 536 g/mol. The second-order valence-electron chi connectivity index (χ2n) is 9.11. The molecule has 2 aromatic heterocycles. The van der Waals surface area contributed by atoms with Crippen molar-refractivity contribution in [1.82, 2.24) is 9.97 Å². The number of aromatic nitrogens is 2. The summed E-state index contributed by atoms with van der Waals surface area (Å²) >= 11 is 0. The van der Waals surface area contributed by atoms with Gasteiger partial charge >= 0.3 is 12.1 Å². The number of benzene rings is 2. The van der Waals surface area contributed by atoms with Crippen molar-refractivity contribution in [3.05, 3.63) is 95.5 Å². The molecule has 1 saturated heterocycles. The lowest BCUT2D eigenvalue weighted by atomic mass is 9.89. The van der Waals surface area contributed by atoms with Crippen molar-refractivity contribution < 1.29 is 32.3 Å². The smallest absolute Gasteiger partial charge is 0.452 e. The zero-order valence-corrected chi connectivity index (χ0v) is 20.5. The number of hydrogen-bond acceptors (Lipinski definition) is 6. The van der Waals surface area contributed by atoms with Gasteiger partial charge in [-0.05, 0) is 60.7 Å². The Morgan fingerprint density at radius 2 is 1.67 bits per heavy atom. The Hall–Kier alpha value is -4.67. The number of rotatable bonds is 6. The molecule has 1 amide bonds. The van der Waals surface area contributed by atoms with Crippen LogP contribution in [0.2, 0.25) is 0 Å². The van der Waals surface area contributed by atoms with E-state index in [0.717, 1.165) is 37.3 Å². The minimum Gasteiger partial charge on any atom is -0.478 e. The summed E-state index contributed by atoms with van der Waals surface area (Å²) in [5.74, 6) is -2.80. The van der Waals surface area contributed by atoms with E-state index in [4.69, 9.17) is 9.52 Å². The van der Waals surface area contributed by atoms with Crippen LogP contribution >= 0.6 is 0 Å². The third-order valence-corrected chi connectivity index (χ3v) is 6.57. The first-order chi connectivity index (χ1) is 18.7. The van der Waals surface area contributed by atoms with Crippen molar-refractivity contribution in [3.8, 4) is 11.5 Å². The zero-order chi connectivity index (χ0) is 27.6. The molecule has 0 radical (unpaired) electrons. The summed E-state index contributed by atoms with van der Waals surface area (Å²) < 4.78 is 45.7. The van der Waals surface area contributed by atoms with Gasteiger partial charge in [0.15, 0.2) is 5.69 Å². The van der Waals surface area contributed by atoms with E-state index >= 15 is 0 Å². The number of piperidine rings is 1. The number of pyridine rings is 1. The minimum atomic E-state index is -4.89. The van der Waals surface area contributed by atoms with Gasteiger partial charge in [-0.1, -0.05) is 30.3 Å². The first kappa shape index (κ1) is 26.0. The molecule has 3 heterocycles. The summed E-state index contributed by atoms with van der Waals surface area (Å²) in [5, 5.41) is 11.5. The lowest BCUT2D eigenvalue weighted by molar-refractivity contribution is -0.153. The predicted octanol–water partition coefficient (Wildman–Crippen LogP) is 6.09. The number of amides is 1. The number of halogens is 3. The van der Waals surface area contributed by atoms with Crippen LogP contribution < -0.4 is 10.2 Å². The van der Waals surface area contributed by atoms with E-state index < -0.39 is 29.5 Å². The predicted molar refractivity (Wildman–Crippen MR) is 137 cm³/mol. The van der Waals surface area contributed by atoms with Crippen molar-refractivity contribution in [1.29, 1.82) is 0 Å². The zero-order valence-electron chi connectivity index (χ0n) is 20.5. The molecule has 200 valence electrons. The molecule has 0 spiro atoms. The van der Waals surface area contributed by atoms with Crippen molar-refractivity contribution in [2.24, 2.45) is 0 Å². The third-order valence-electron chi connectivity index (χ3n) is 6.57. The highest BCUT2D eigenvalue weighted by atomic mass is 19.4. The normalized spacial score (nSPS) is 14.3. The summed E-state index contributed by atoms with van der Waals surface area (Å²) in [5.41, 5.74) is 1.01. The molecule has 0 unspecified atom stereocenters. The van der Waals surface area contributed by atoms with Crippen LogP contribution in [0.5, 0.6) is 0 Å². The molecule has 39 heavy (non-hydrogen) atoms. The number of alkyl halides is 3. The number of nitrogens with one attached hydrogen (secondary N) is 1. The number of carbonyl (C=O) groups is 2. The first-order valence-corrected chi connectivity index (χ1v) is 12.2. The number of hydrogen-bond donors (Lipinski definition) is 2. The molecular formula is C28H23F3N4O4. The van der Waals surface area contributed by atoms with E-state index in [2.05, 4.69) is 20.2 Å². The van der Waals surface area contributed by atoms with Crippen LogP contribution in [-0.2, 0) is 6.18 Å². The summed E-state index contributed by atoms with van der Waals surface area (Å²) in [6.07, 6.45) is -1.87. The molecule has 0 aliphatic carbocycles. The Balaban J connectivity index is 1.24. The largest absolute Gasteiger partial charge is 0.478 e. The van der Waals surface area contributed by atoms with E-state index in [1.165, 1.54) is 12.3 Å². The van der Waals surface area contributed by atoms with Gasteiger partial charge in [0, 0.05) is 30.5 Å². The molecular weight excluding hydrogens is 513 g/mol. The van der Waals surface area contributed by atoms with E-state index in [0.29, 0.717) is 11.3 Å². The molecule has 11 heteroatoms. The van der Waals surface area contributed by atoms with Crippen molar-refractivity contribution in [2.75, 3.05) is 23.3 Å². The number of carbonyl (C=O) groups excluding carboxylic acids is 1. The van der Waals surface area contributed by atoms with Crippen LogP contribution in [0, 0.1) is 0 Å². The number of carboxylic acid groups (broad SMARTS) is 1. The number of nitrogens with zero attached hydrogens (tertiary/aromatic N) is 3. The van der Waals surface area contributed by atoms with Crippen LogP contribution in [0.25, 0.3) is 11.5 Å². The Kier molecular flexibility index (Phi) is 7.05. The molecule has 0 atom stereocenters. The van der Waals surface area contributed by atoms with Crippen molar-refractivity contribution in [3.63, 3.8) is 0 Å². The molecule has 0 saturated carbocycles. The van der Waals surface area contributed by atoms with Gasteiger partial charge in [0.05, 0.1) is 5.56 Å². The maximum absolute atomic E-state index is 13.6. The van der Waals surface area contributed by atoms with Gasteiger partial charge < -0.3 is 19.7 Å². The highest BCUT2D eigenvalue weighted by Crippen LogP contribution is 2.36. The van der Waals surface area contributed by atoms with E-state index in [9.17, 15) is 22.8 Å². The Morgan fingerprint density at radius 3 is 2.26 bits per heavy atom. The number of oxazole rings is 1. The molecule has 0 bridgehead atoms. The highest BCUT2D eigenvalue weighted by Gasteiger charge is 2.42. The summed E-state index contributed by atoms with van der Waals surface area (Å²) in [6, 6.07) is 18.3. The quantitative estimate of drug-likeness (QED) is 0.307. The molecule has 4 aromatic rings. The van der Waals surface area contributed by atoms with Crippen LogP contribution in [0.4, 0.5) is 24.7 Å². The van der Waals surface area contributed by atoms with Gasteiger partial charge in [-0.2, -0.15) is 13.2 Å².